The highest BCUT2D eigenvalue weighted by Gasteiger charge is 2.02. The molecule has 0 atom stereocenters. The highest BCUT2D eigenvalue weighted by molar-refractivity contribution is 7.09. The summed E-state index contributed by atoms with van der Waals surface area (Å²) in [6, 6.07) is 20.2. The average molecular weight is 361 g/mol. The van der Waals surface area contributed by atoms with Crippen molar-refractivity contribution in [3.05, 3.63) is 82.4 Å². The summed E-state index contributed by atoms with van der Waals surface area (Å²) in [5.74, 6) is 0.833. The summed E-state index contributed by atoms with van der Waals surface area (Å²) in [6.45, 7) is 3.28. The van der Waals surface area contributed by atoms with Crippen LogP contribution in [0.15, 0.2) is 66.2 Å². The second-order valence-electron chi connectivity index (χ2n) is 6.02. The third-order valence-corrected chi connectivity index (χ3v) is 5.13. The van der Waals surface area contributed by atoms with Crippen LogP contribution in [0.4, 0.5) is 5.69 Å². The van der Waals surface area contributed by atoms with E-state index in [2.05, 4.69) is 27.4 Å². The van der Waals surface area contributed by atoms with Crippen molar-refractivity contribution in [2.75, 3.05) is 5.32 Å². The molecule has 0 radical (unpaired) electrons. The largest absolute Gasteiger partial charge is 0.487 e. The van der Waals surface area contributed by atoms with E-state index in [1.807, 2.05) is 61.0 Å². The van der Waals surface area contributed by atoms with Gasteiger partial charge >= 0.3 is 0 Å². The lowest BCUT2D eigenvalue weighted by molar-refractivity contribution is 0.302. The van der Waals surface area contributed by atoms with Crippen LogP contribution in [-0.4, -0.2) is 9.97 Å². The summed E-state index contributed by atoms with van der Waals surface area (Å²) in [6.07, 6.45) is 0. The number of thiazole rings is 1. The smallest absolute Gasteiger partial charge is 0.130 e. The van der Waals surface area contributed by atoms with Crippen molar-refractivity contribution in [3.8, 4) is 5.75 Å². The maximum Gasteiger partial charge on any atom is 0.130 e. The van der Waals surface area contributed by atoms with E-state index >= 15 is 0 Å². The van der Waals surface area contributed by atoms with Crippen molar-refractivity contribution in [3.63, 3.8) is 0 Å². The number of pyridine rings is 1. The number of aryl methyl sites for hydroxylation is 1. The molecule has 0 fully saturated rings. The van der Waals surface area contributed by atoms with Crippen molar-refractivity contribution in [1.29, 1.82) is 0 Å². The molecule has 0 amide bonds. The van der Waals surface area contributed by atoms with Crippen LogP contribution in [0.25, 0.3) is 10.9 Å². The monoisotopic (exact) mass is 361 g/mol. The number of aromatic nitrogens is 2. The van der Waals surface area contributed by atoms with Gasteiger partial charge in [0.25, 0.3) is 0 Å². The SMILES string of the molecule is Cc1ncsc1CNc1ccc(OCc2ccc3ccccc3n2)cc1. The zero-order chi connectivity index (χ0) is 17.8. The van der Waals surface area contributed by atoms with Gasteiger partial charge in [0.1, 0.15) is 12.4 Å². The molecule has 5 heteroatoms. The minimum absolute atomic E-state index is 0.456. The van der Waals surface area contributed by atoms with Crippen molar-refractivity contribution < 1.29 is 4.74 Å². The number of rotatable bonds is 6. The van der Waals surface area contributed by atoms with Crippen LogP contribution in [0.1, 0.15) is 16.3 Å². The molecule has 2 aromatic heterocycles. The number of nitrogens with zero attached hydrogens (tertiary/aromatic N) is 2. The molecule has 0 saturated heterocycles. The van der Waals surface area contributed by atoms with E-state index < -0.39 is 0 Å². The van der Waals surface area contributed by atoms with Gasteiger partial charge in [-0.2, -0.15) is 0 Å². The van der Waals surface area contributed by atoms with Crippen LogP contribution < -0.4 is 10.1 Å². The van der Waals surface area contributed by atoms with Crippen molar-refractivity contribution in [2.45, 2.75) is 20.1 Å². The van der Waals surface area contributed by atoms with E-state index in [1.54, 1.807) is 11.3 Å². The first-order valence-corrected chi connectivity index (χ1v) is 9.36. The van der Waals surface area contributed by atoms with Crippen molar-refractivity contribution in [2.24, 2.45) is 0 Å². The van der Waals surface area contributed by atoms with Gasteiger partial charge in [0.15, 0.2) is 0 Å². The minimum atomic E-state index is 0.456. The molecule has 4 aromatic rings. The Morgan fingerprint density at radius 2 is 1.85 bits per heavy atom. The lowest BCUT2D eigenvalue weighted by Crippen LogP contribution is -2.00. The van der Waals surface area contributed by atoms with E-state index in [1.165, 1.54) is 4.88 Å². The summed E-state index contributed by atoms with van der Waals surface area (Å²) < 4.78 is 5.87. The van der Waals surface area contributed by atoms with E-state index in [9.17, 15) is 0 Å². The lowest BCUT2D eigenvalue weighted by Gasteiger charge is -2.09. The molecule has 0 aliphatic carbocycles. The molecule has 26 heavy (non-hydrogen) atoms. The van der Waals surface area contributed by atoms with Gasteiger partial charge < -0.3 is 10.1 Å². The number of hydrogen-bond acceptors (Lipinski definition) is 5. The standard InChI is InChI=1S/C21H19N3OS/c1-15-21(26-14-23-15)12-22-17-8-10-19(11-9-17)25-13-18-7-6-16-4-2-3-5-20(16)24-18/h2-11,14,22H,12-13H2,1H3. The molecule has 4 nitrogen and oxygen atoms in total. The molecule has 1 N–H and O–H groups in total. The number of hydrogen-bond donors (Lipinski definition) is 1. The fourth-order valence-corrected chi connectivity index (χ4v) is 3.41. The fraction of sp³-hybridized carbons (Fsp3) is 0.143. The second-order valence-corrected chi connectivity index (χ2v) is 6.96. The molecule has 0 aliphatic heterocycles. The second kappa shape index (κ2) is 7.54. The van der Waals surface area contributed by atoms with Crippen LogP contribution in [0, 0.1) is 6.92 Å². The zero-order valence-electron chi connectivity index (χ0n) is 14.5. The highest BCUT2D eigenvalue weighted by atomic mass is 32.1. The summed E-state index contributed by atoms with van der Waals surface area (Å²) in [7, 11) is 0. The number of fused-ring (bicyclic) bond motifs is 1. The quantitative estimate of drug-likeness (QED) is 0.513. The van der Waals surface area contributed by atoms with E-state index in [0.29, 0.717) is 6.61 Å². The van der Waals surface area contributed by atoms with E-state index in [0.717, 1.165) is 40.3 Å². The lowest BCUT2D eigenvalue weighted by atomic mass is 10.2. The summed E-state index contributed by atoms with van der Waals surface area (Å²) in [4.78, 5) is 10.2. The maximum absolute atomic E-state index is 5.87. The van der Waals surface area contributed by atoms with Gasteiger partial charge in [-0.25, -0.2) is 9.97 Å². The van der Waals surface area contributed by atoms with Crippen LogP contribution in [0.2, 0.25) is 0 Å². The molecular formula is C21H19N3OS. The normalized spacial score (nSPS) is 10.8. The molecule has 0 spiro atoms. The predicted molar refractivity (Wildman–Crippen MR) is 107 cm³/mol. The molecule has 0 aliphatic rings. The van der Waals surface area contributed by atoms with Crippen LogP contribution >= 0.6 is 11.3 Å². The van der Waals surface area contributed by atoms with Gasteiger partial charge in [-0.3, -0.25) is 0 Å². The topological polar surface area (TPSA) is 47.0 Å². The third kappa shape index (κ3) is 3.83. The van der Waals surface area contributed by atoms with E-state index in [-0.39, 0.29) is 0 Å². The molecule has 130 valence electrons. The Bertz CT molecular complexity index is 1010. The Kier molecular flexibility index (Phi) is 4.80. The van der Waals surface area contributed by atoms with Gasteiger partial charge in [0, 0.05) is 16.0 Å². The summed E-state index contributed by atoms with van der Waals surface area (Å²) in [5.41, 5.74) is 5.95. The molecule has 2 heterocycles. The molecule has 0 unspecified atom stereocenters. The Morgan fingerprint density at radius 3 is 2.65 bits per heavy atom. The maximum atomic E-state index is 5.87. The van der Waals surface area contributed by atoms with Gasteiger partial charge in [-0.05, 0) is 43.3 Å². The number of nitrogens with one attached hydrogen (secondary N) is 1. The average Bonchev–Trinajstić information content (AvgIpc) is 3.10. The molecule has 0 saturated carbocycles. The Labute approximate surface area is 156 Å². The van der Waals surface area contributed by atoms with Gasteiger partial charge in [0.2, 0.25) is 0 Å². The Morgan fingerprint density at radius 1 is 1.00 bits per heavy atom. The van der Waals surface area contributed by atoms with Crippen LogP contribution in [0.3, 0.4) is 0 Å². The number of anilines is 1. The first-order chi connectivity index (χ1) is 12.8. The Hall–Kier alpha value is -2.92. The molecular weight excluding hydrogens is 342 g/mol. The first kappa shape index (κ1) is 16.5. The van der Waals surface area contributed by atoms with Crippen LogP contribution in [0.5, 0.6) is 5.75 Å². The van der Waals surface area contributed by atoms with Gasteiger partial charge in [-0.1, -0.05) is 24.3 Å². The minimum Gasteiger partial charge on any atom is -0.487 e. The van der Waals surface area contributed by atoms with Crippen LogP contribution in [-0.2, 0) is 13.2 Å². The van der Waals surface area contributed by atoms with Gasteiger partial charge in [0.05, 0.1) is 29.0 Å². The third-order valence-electron chi connectivity index (χ3n) is 4.20. The Balaban J connectivity index is 1.35. The molecule has 0 bridgehead atoms. The summed E-state index contributed by atoms with van der Waals surface area (Å²) >= 11 is 1.67. The highest BCUT2D eigenvalue weighted by Crippen LogP contribution is 2.20. The van der Waals surface area contributed by atoms with Crippen molar-refractivity contribution >= 4 is 27.9 Å². The molecule has 2 aromatic carbocycles. The van der Waals surface area contributed by atoms with E-state index in [4.69, 9.17) is 4.74 Å². The fourth-order valence-electron chi connectivity index (χ4n) is 2.69. The van der Waals surface area contributed by atoms with Crippen molar-refractivity contribution in [1.82, 2.24) is 9.97 Å². The number of benzene rings is 2. The summed E-state index contributed by atoms with van der Waals surface area (Å²) in [5, 5.41) is 4.55. The predicted octanol–water partition coefficient (Wildman–Crippen LogP) is 5.19. The number of ether oxygens (including phenoxy) is 1. The molecule has 4 rings (SSSR count). The zero-order valence-corrected chi connectivity index (χ0v) is 15.3. The first-order valence-electron chi connectivity index (χ1n) is 8.48. The number of para-hydroxylation sites is 1. The van der Waals surface area contributed by atoms with Gasteiger partial charge in [-0.15, -0.1) is 11.3 Å².